The Labute approximate surface area is 120 Å². The largest absolute Gasteiger partial charge is 0.351 e. The van der Waals surface area contributed by atoms with Crippen molar-refractivity contribution in [1.29, 1.82) is 0 Å². The highest BCUT2D eigenvalue weighted by Gasteiger charge is 2.38. The average molecular weight is 289 g/mol. The van der Waals surface area contributed by atoms with Crippen molar-refractivity contribution in [3.8, 4) is 0 Å². The molecule has 0 N–H and O–H groups in total. The number of hydrogen-bond donors (Lipinski definition) is 0. The second-order valence-corrected chi connectivity index (χ2v) is 6.40. The Morgan fingerprint density at radius 3 is 2.80 bits per heavy atom. The maximum atomic E-state index is 12.7. The van der Waals surface area contributed by atoms with Crippen molar-refractivity contribution in [1.82, 2.24) is 10.1 Å². The third kappa shape index (κ3) is 2.14. The summed E-state index contributed by atoms with van der Waals surface area (Å²) in [5.41, 5.74) is 1.86. The SMILES string of the molecule is Cc1csc(N(C(=O)c2cc(C3CC3)no2)C2CC2)n1. The summed E-state index contributed by atoms with van der Waals surface area (Å²) in [6.45, 7) is 1.94. The molecule has 2 aromatic rings. The maximum absolute atomic E-state index is 12.7. The van der Waals surface area contributed by atoms with Crippen LogP contribution in [0.4, 0.5) is 5.13 Å². The fourth-order valence-electron chi connectivity index (χ4n) is 2.27. The highest BCUT2D eigenvalue weighted by Crippen LogP contribution is 2.40. The first-order chi connectivity index (χ1) is 9.72. The fraction of sp³-hybridized carbons (Fsp3) is 0.500. The molecule has 1 amide bonds. The molecule has 2 fully saturated rings. The van der Waals surface area contributed by atoms with Gasteiger partial charge in [-0.25, -0.2) is 4.98 Å². The minimum atomic E-state index is -0.110. The Bertz CT molecular complexity index is 655. The molecule has 0 atom stereocenters. The molecule has 2 aliphatic rings. The minimum absolute atomic E-state index is 0.110. The van der Waals surface area contributed by atoms with Crippen molar-refractivity contribution in [3.63, 3.8) is 0 Å². The van der Waals surface area contributed by atoms with Crippen molar-refractivity contribution in [2.75, 3.05) is 4.90 Å². The van der Waals surface area contributed by atoms with Gasteiger partial charge in [-0.1, -0.05) is 5.16 Å². The zero-order chi connectivity index (χ0) is 13.7. The summed E-state index contributed by atoms with van der Waals surface area (Å²) in [5.74, 6) is 0.727. The molecular weight excluding hydrogens is 274 g/mol. The van der Waals surface area contributed by atoms with E-state index in [1.165, 1.54) is 11.3 Å². The van der Waals surface area contributed by atoms with E-state index in [2.05, 4.69) is 10.1 Å². The summed E-state index contributed by atoms with van der Waals surface area (Å²) in [5, 5.41) is 6.75. The van der Waals surface area contributed by atoms with Crippen LogP contribution in [0.3, 0.4) is 0 Å². The topological polar surface area (TPSA) is 59.2 Å². The van der Waals surface area contributed by atoms with Gasteiger partial charge in [0.05, 0.1) is 11.4 Å². The zero-order valence-electron chi connectivity index (χ0n) is 11.2. The van der Waals surface area contributed by atoms with E-state index in [0.717, 1.165) is 42.2 Å². The van der Waals surface area contributed by atoms with Crippen LogP contribution < -0.4 is 4.90 Å². The molecule has 6 heteroatoms. The molecule has 0 saturated heterocycles. The number of carbonyl (C=O) groups excluding carboxylic acids is 1. The lowest BCUT2D eigenvalue weighted by molar-refractivity contribution is 0.0949. The molecule has 2 heterocycles. The molecule has 2 aliphatic carbocycles. The van der Waals surface area contributed by atoms with Crippen LogP contribution in [0.5, 0.6) is 0 Å². The number of nitrogens with zero attached hydrogens (tertiary/aromatic N) is 3. The number of aromatic nitrogens is 2. The third-order valence-electron chi connectivity index (χ3n) is 3.68. The maximum Gasteiger partial charge on any atom is 0.298 e. The Balaban J connectivity index is 1.63. The van der Waals surface area contributed by atoms with Gasteiger partial charge in [0.15, 0.2) is 5.13 Å². The number of amides is 1. The fourth-order valence-corrected chi connectivity index (χ4v) is 3.14. The van der Waals surface area contributed by atoms with Crippen LogP contribution >= 0.6 is 11.3 Å². The molecule has 2 saturated carbocycles. The van der Waals surface area contributed by atoms with E-state index in [9.17, 15) is 4.79 Å². The van der Waals surface area contributed by atoms with Crippen molar-refractivity contribution in [2.24, 2.45) is 0 Å². The number of rotatable bonds is 4. The third-order valence-corrected chi connectivity index (χ3v) is 4.64. The predicted molar refractivity (Wildman–Crippen MR) is 75.2 cm³/mol. The molecule has 0 aromatic carbocycles. The first-order valence-electron chi connectivity index (χ1n) is 6.94. The van der Waals surface area contributed by atoms with E-state index >= 15 is 0 Å². The Hall–Kier alpha value is -1.69. The van der Waals surface area contributed by atoms with Crippen molar-refractivity contribution in [2.45, 2.75) is 44.6 Å². The van der Waals surface area contributed by atoms with Gasteiger partial charge < -0.3 is 4.52 Å². The normalized spacial score (nSPS) is 18.2. The highest BCUT2D eigenvalue weighted by molar-refractivity contribution is 7.14. The van der Waals surface area contributed by atoms with Crippen molar-refractivity contribution in [3.05, 3.63) is 28.6 Å². The van der Waals surface area contributed by atoms with Gasteiger partial charge in [0.1, 0.15) is 0 Å². The molecule has 0 aliphatic heterocycles. The summed E-state index contributed by atoms with van der Waals surface area (Å²) in [6, 6.07) is 2.07. The van der Waals surface area contributed by atoms with Crippen LogP contribution in [0.2, 0.25) is 0 Å². The summed E-state index contributed by atoms with van der Waals surface area (Å²) in [7, 11) is 0. The second-order valence-electron chi connectivity index (χ2n) is 5.57. The molecule has 0 spiro atoms. The summed E-state index contributed by atoms with van der Waals surface area (Å²) in [4.78, 5) is 18.9. The number of hydrogen-bond acceptors (Lipinski definition) is 5. The van der Waals surface area contributed by atoms with E-state index in [4.69, 9.17) is 4.52 Å². The van der Waals surface area contributed by atoms with Gasteiger partial charge in [0, 0.05) is 23.4 Å². The Morgan fingerprint density at radius 2 is 2.20 bits per heavy atom. The predicted octanol–water partition coefficient (Wildman–Crippen LogP) is 3.13. The van der Waals surface area contributed by atoms with Gasteiger partial charge in [0.25, 0.3) is 5.91 Å². The van der Waals surface area contributed by atoms with Crippen molar-refractivity contribution < 1.29 is 9.32 Å². The molecule has 20 heavy (non-hydrogen) atoms. The lowest BCUT2D eigenvalue weighted by Gasteiger charge is -2.17. The first kappa shape index (κ1) is 12.1. The standard InChI is InChI=1S/C14H15N3O2S/c1-8-7-20-14(15-8)17(10-4-5-10)13(18)12-6-11(16-19-12)9-2-3-9/h6-7,9-10H,2-5H2,1H3. The molecule has 0 radical (unpaired) electrons. The first-order valence-corrected chi connectivity index (χ1v) is 7.82. The minimum Gasteiger partial charge on any atom is -0.351 e. The van der Waals surface area contributed by atoms with Crippen LogP contribution in [0.1, 0.15) is 53.5 Å². The van der Waals surface area contributed by atoms with Gasteiger partial charge >= 0.3 is 0 Å². The quantitative estimate of drug-likeness (QED) is 0.867. The van der Waals surface area contributed by atoms with Gasteiger partial charge in [-0.2, -0.15) is 0 Å². The molecular formula is C14H15N3O2S. The molecule has 0 unspecified atom stereocenters. The summed E-state index contributed by atoms with van der Waals surface area (Å²) >= 11 is 1.51. The zero-order valence-corrected chi connectivity index (χ0v) is 12.0. The number of thiazole rings is 1. The molecule has 104 valence electrons. The van der Waals surface area contributed by atoms with E-state index < -0.39 is 0 Å². The van der Waals surface area contributed by atoms with Crippen LogP contribution in [0.25, 0.3) is 0 Å². The number of aryl methyl sites for hydroxylation is 1. The molecule has 4 rings (SSSR count). The van der Waals surface area contributed by atoms with Gasteiger partial charge in [-0.05, 0) is 32.6 Å². The lowest BCUT2D eigenvalue weighted by Crippen LogP contribution is -2.32. The average Bonchev–Trinajstić information content (AvgIpc) is 3.35. The monoisotopic (exact) mass is 289 g/mol. The van der Waals surface area contributed by atoms with Gasteiger partial charge in [-0.15, -0.1) is 11.3 Å². The lowest BCUT2D eigenvalue weighted by atomic mass is 10.2. The van der Waals surface area contributed by atoms with Crippen LogP contribution in [0.15, 0.2) is 16.0 Å². The number of carbonyl (C=O) groups is 1. The Morgan fingerprint density at radius 1 is 1.40 bits per heavy atom. The van der Waals surface area contributed by atoms with E-state index in [1.807, 2.05) is 12.3 Å². The van der Waals surface area contributed by atoms with Crippen LogP contribution in [-0.2, 0) is 0 Å². The number of anilines is 1. The summed E-state index contributed by atoms with van der Waals surface area (Å²) in [6.07, 6.45) is 4.37. The van der Waals surface area contributed by atoms with Gasteiger partial charge in [0.2, 0.25) is 5.76 Å². The molecule has 5 nitrogen and oxygen atoms in total. The molecule has 0 bridgehead atoms. The smallest absolute Gasteiger partial charge is 0.298 e. The van der Waals surface area contributed by atoms with Crippen LogP contribution in [0, 0.1) is 6.92 Å². The highest BCUT2D eigenvalue weighted by atomic mass is 32.1. The van der Waals surface area contributed by atoms with Gasteiger partial charge in [-0.3, -0.25) is 9.69 Å². The summed E-state index contributed by atoms with van der Waals surface area (Å²) < 4.78 is 5.25. The van der Waals surface area contributed by atoms with E-state index in [0.29, 0.717) is 11.7 Å². The van der Waals surface area contributed by atoms with E-state index in [1.54, 1.807) is 11.0 Å². The van der Waals surface area contributed by atoms with Crippen molar-refractivity contribution >= 4 is 22.4 Å². The molecule has 2 aromatic heterocycles. The van der Waals surface area contributed by atoms with Crippen LogP contribution in [-0.4, -0.2) is 22.1 Å². The second kappa shape index (κ2) is 4.41. The Kier molecular flexibility index (Phi) is 2.66. The van der Waals surface area contributed by atoms with E-state index in [-0.39, 0.29) is 11.9 Å².